The summed E-state index contributed by atoms with van der Waals surface area (Å²) >= 11 is 0. The maximum absolute atomic E-state index is 5.48. The normalized spacial score (nSPS) is 10.5. The lowest BCUT2D eigenvalue weighted by atomic mass is 9.37. The third-order valence-corrected chi connectivity index (χ3v) is 4.26. The maximum Gasteiger partial charge on any atom is 0.283 e. The Kier molecular flexibility index (Phi) is 5.52. The van der Waals surface area contributed by atoms with Crippen molar-refractivity contribution >= 4 is 23.1 Å². The SMILES string of the molecule is COc1n[nH]c(OC)c1B(c1c(OC)n[nH]c1OC)c1c(OC)n[nH]c1OC. The molecule has 0 aliphatic heterocycles. The van der Waals surface area contributed by atoms with E-state index in [9.17, 15) is 0 Å². The molecule has 3 heterocycles. The predicted molar refractivity (Wildman–Crippen MR) is 99.7 cm³/mol. The minimum absolute atomic E-state index is 0.303. The van der Waals surface area contributed by atoms with Crippen molar-refractivity contribution in [3.05, 3.63) is 0 Å². The van der Waals surface area contributed by atoms with E-state index >= 15 is 0 Å². The van der Waals surface area contributed by atoms with E-state index in [-0.39, 0.29) is 0 Å². The van der Waals surface area contributed by atoms with Gasteiger partial charge in [0.15, 0.2) is 0 Å². The molecule has 3 N–H and O–H groups in total. The summed E-state index contributed by atoms with van der Waals surface area (Å²) in [6, 6.07) is 0. The summed E-state index contributed by atoms with van der Waals surface area (Å²) in [6.07, 6.45) is 0. The Morgan fingerprint density at radius 1 is 0.500 bits per heavy atom. The number of aromatic nitrogens is 6. The Morgan fingerprint density at radius 3 is 1.00 bits per heavy atom. The van der Waals surface area contributed by atoms with Crippen LogP contribution in [0, 0.1) is 0 Å². The number of nitrogens with zero attached hydrogens (tertiary/aromatic N) is 3. The zero-order chi connectivity index (χ0) is 20.3. The first-order valence-electron chi connectivity index (χ1n) is 8.13. The Balaban J connectivity index is 2.39. The summed E-state index contributed by atoms with van der Waals surface area (Å²) in [6.45, 7) is -0.643. The molecule has 0 aromatic carbocycles. The van der Waals surface area contributed by atoms with Crippen LogP contribution in [0.15, 0.2) is 0 Å². The molecule has 0 unspecified atom stereocenters. The summed E-state index contributed by atoms with van der Waals surface area (Å²) in [5, 5.41) is 20.9. The van der Waals surface area contributed by atoms with Gasteiger partial charge in [-0.15, -0.1) is 15.3 Å². The van der Waals surface area contributed by atoms with Gasteiger partial charge in [0, 0.05) is 0 Å². The van der Waals surface area contributed by atoms with Crippen LogP contribution in [0.3, 0.4) is 0 Å². The van der Waals surface area contributed by atoms with Gasteiger partial charge in [0.2, 0.25) is 35.3 Å². The summed E-state index contributed by atoms with van der Waals surface area (Å²) in [5.74, 6) is 2.03. The molecule has 3 rings (SSSR count). The monoisotopic (exact) mass is 392 g/mol. The molecule has 0 spiro atoms. The quantitative estimate of drug-likeness (QED) is 0.368. The average molecular weight is 392 g/mol. The molecule has 3 aromatic rings. The summed E-state index contributed by atoms with van der Waals surface area (Å²) in [4.78, 5) is 0. The lowest BCUT2D eigenvalue weighted by Gasteiger charge is -2.16. The van der Waals surface area contributed by atoms with E-state index in [1.165, 1.54) is 42.7 Å². The van der Waals surface area contributed by atoms with Crippen molar-refractivity contribution in [3.8, 4) is 35.3 Å². The van der Waals surface area contributed by atoms with Gasteiger partial charge in [-0.3, -0.25) is 0 Å². The molecule has 150 valence electrons. The van der Waals surface area contributed by atoms with Gasteiger partial charge in [0.05, 0.1) is 59.0 Å². The number of hydrogen-bond donors (Lipinski definition) is 3. The highest BCUT2D eigenvalue weighted by Crippen LogP contribution is 2.23. The molecular weight excluding hydrogens is 371 g/mol. The smallest absolute Gasteiger partial charge is 0.283 e. The molecule has 0 bridgehead atoms. The number of nitrogens with one attached hydrogen (secondary N) is 3. The highest BCUT2D eigenvalue weighted by Gasteiger charge is 2.42. The number of methoxy groups -OCH3 is 6. The van der Waals surface area contributed by atoms with E-state index in [0.29, 0.717) is 51.7 Å². The van der Waals surface area contributed by atoms with Gasteiger partial charge in [-0.05, 0) is 0 Å². The second kappa shape index (κ2) is 8.02. The van der Waals surface area contributed by atoms with E-state index < -0.39 is 6.71 Å². The summed E-state index contributed by atoms with van der Waals surface area (Å²) in [5.41, 5.74) is 1.67. The van der Waals surface area contributed by atoms with Crippen LogP contribution < -0.4 is 44.8 Å². The minimum atomic E-state index is -0.643. The van der Waals surface area contributed by atoms with Gasteiger partial charge in [0.25, 0.3) is 6.71 Å². The first-order valence-corrected chi connectivity index (χ1v) is 8.13. The van der Waals surface area contributed by atoms with Crippen LogP contribution in [-0.2, 0) is 0 Å². The highest BCUT2D eigenvalue weighted by molar-refractivity contribution is 6.98. The van der Waals surface area contributed by atoms with E-state index in [1.54, 1.807) is 0 Å². The van der Waals surface area contributed by atoms with Crippen LogP contribution in [0.2, 0.25) is 0 Å². The van der Waals surface area contributed by atoms with Gasteiger partial charge >= 0.3 is 0 Å². The van der Waals surface area contributed by atoms with Crippen molar-refractivity contribution in [3.63, 3.8) is 0 Å². The third kappa shape index (κ3) is 2.94. The molecule has 3 aromatic heterocycles. The minimum Gasteiger partial charge on any atom is -0.482 e. The summed E-state index contributed by atoms with van der Waals surface area (Å²) in [7, 11) is 9.06. The summed E-state index contributed by atoms with van der Waals surface area (Å²) < 4.78 is 32.8. The molecule has 0 aliphatic carbocycles. The molecule has 13 heteroatoms. The Bertz CT molecular complexity index is 754. The second-order valence-corrected chi connectivity index (χ2v) is 5.47. The van der Waals surface area contributed by atoms with Crippen LogP contribution in [0.5, 0.6) is 35.3 Å². The van der Waals surface area contributed by atoms with Crippen molar-refractivity contribution in [1.29, 1.82) is 0 Å². The van der Waals surface area contributed by atoms with Gasteiger partial charge in [-0.25, -0.2) is 15.3 Å². The van der Waals surface area contributed by atoms with Gasteiger partial charge < -0.3 is 28.4 Å². The molecule has 0 amide bonds. The molecule has 0 radical (unpaired) electrons. The van der Waals surface area contributed by atoms with Crippen LogP contribution in [0.1, 0.15) is 0 Å². The van der Waals surface area contributed by atoms with Crippen LogP contribution in [0.25, 0.3) is 0 Å². The second-order valence-electron chi connectivity index (χ2n) is 5.47. The average Bonchev–Trinajstić information content (AvgIpc) is 3.44. The fourth-order valence-electron chi connectivity index (χ4n) is 3.09. The van der Waals surface area contributed by atoms with Crippen LogP contribution >= 0.6 is 0 Å². The van der Waals surface area contributed by atoms with Crippen LogP contribution in [0.4, 0.5) is 0 Å². The van der Waals surface area contributed by atoms with Crippen molar-refractivity contribution < 1.29 is 28.4 Å². The van der Waals surface area contributed by atoms with Crippen LogP contribution in [-0.4, -0.2) is 80.0 Å². The van der Waals surface area contributed by atoms with E-state index in [1.807, 2.05) is 0 Å². The number of ether oxygens (including phenoxy) is 6. The number of aromatic amines is 3. The lowest BCUT2D eigenvalue weighted by molar-refractivity contribution is 0.398. The predicted octanol–water partition coefficient (Wildman–Crippen LogP) is -1.58. The number of rotatable bonds is 9. The standard InChI is InChI=1S/C15H21BN6O6/c1-23-10-7(11(24-2)18-17-10)16(8-12(25-3)19-20-13(8)26-4)9-14(27-5)21-22-15(9)28-6/h1-6H3,(H,17,18)(H,19,20)(H,21,22). The molecule has 0 saturated carbocycles. The third-order valence-electron chi connectivity index (χ3n) is 4.26. The highest BCUT2D eigenvalue weighted by atomic mass is 16.5. The van der Waals surface area contributed by atoms with E-state index in [4.69, 9.17) is 28.4 Å². The van der Waals surface area contributed by atoms with Crippen molar-refractivity contribution in [2.45, 2.75) is 0 Å². The molecule has 28 heavy (non-hydrogen) atoms. The Hall–Kier alpha value is -3.51. The molecule has 0 atom stereocenters. The lowest BCUT2D eigenvalue weighted by Crippen LogP contribution is -2.53. The van der Waals surface area contributed by atoms with E-state index in [2.05, 4.69) is 30.6 Å². The number of hydrogen-bond acceptors (Lipinski definition) is 9. The Morgan fingerprint density at radius 2 is 0.786 bits per heavy atom. The van der Waals surface area contributed by atoms with E-state index in [0.717, 1.165) is 0 Å². The molecule has 12 nitrogen and oxygen atoms in total. The largest absolute Gasteiger partial charge is 0.482 e. The number of H-pyrrole nitrogens is 3. The fourth-order valence-corrected chi connectivity index (χ4v) is 3.09. The molecule has 0 aliphatic rings. The first kappa shape index (κ1) is 19.3. The van der Waals surface area contributed by atoms with Crippen molar-refractivity contribution in [1.82, 2.24) is 30.6 Å². The molecule has 0 saturated heterocycles. The van der Waals surface area contributed by atoms with Gasteiger partial charge in [-0.2, -0.15) is 0 Å². The zero-order valence-corrected chi connectivity index (χ0v) is 16.4. The first-order chi connectivity index (χ1) is 13.6. The van der Waals surface area contributed by atoms with Gasteiger partial charge in [0.1, 0.15) is 0 Å². The van der Waals surface area contributed by atoms with Crippen molar-refractivity contribution in [2.24, 2.45) is 0 Å². The van der Waals surface area contributed by atoms with Crippen molar-refractivity contribution in [2.75, 3.05) is 42.7 Å². The Labute approximate surface area is 160 Å². The topological polar surface area (TPSA) is 141 Å². The molecular formula is C15H21BN6O6. The maximum atomic E-state index is 5.48. The molecule has 0 fully saturated rings. The fraction of sp³-hybridized carbons (Fsp3) is 0.400. The van der Waals surface area contributed by atoms with Gasteiger partial charge in [-0.1, -0.05) is 0 Å². The zero-order valence-electron chi connectivity index (χ0n) is 16.4.